The van der Waals surface area contributed by atoms with Crippen molar-refractivity contribution in [3.8, 4) is 0 Å². The monoisotopic (exact) mass is 359 g/mol. The first-order valence-electron chi connectivity index (χ1n) is 10.1. The molecule has 3 aliphatic rings. The summed E-state index contributed by atoms with van der Waals surface area (Å²) in [6, 6.07) is 3.64. The van der Waals surface area contributed by atoms with Gasteiger partial charge in [0.25, 0.3) is 0 Å². The van der Waals surface area contributed by atoms with E-state index < -0.39 is 0 Å². The summed E-state index contributed by atoms with van der Waals surface area (Å²) in [6.45, 7) is 3.55. The van der Waals surface area contributed by atoms with Crippen molar-refractivity contribution in [2.45, 2.75) is 51.1 Å². The molecule has 2 saturated carbocycles. The third-order valence-electron chi connectivity index (χ3n) is 6.08. The van der Waals surface area contributed by atoms with Gasteiger partial charge in [0.15, 0.2) is 0 Å². The molecule has 1 atom stereocenters. The zero-order chi connectivity index (χ0) is 17.9. The summed E-state index contributed by atoms with van der Waals surface area (Å²) in [5, 5.41) is 3.07. The highest BCUT2D eigenvalue weighted by atomic mass is 16.3. The highest BCUT2D eigenvalue weighted by Crippen LogP contribution is 2.33. The number of amides is 2. The van der Waals surface area contributed by atoms with Gasteiger partial charge in [0.2, 0.25) is 11.8 Å². The van der Waals surface area contributed by atoms with E-state index in [1.165, 1.54) is 12.8 Å². The highest BCUT2D eigenvalue weighted by Gasteiger charge is 2.39. The molecule has 0 bridgehead atoms. The summed E-state index contributed by atoms with van der Waals surface area (Å²) in [6.07, 6.45) is 8.42. The van der Waals surface area contributed by atoms with E-state index in [0.717, 1.165) is 57.6 Å². The summed E-state index contributed by atoms with van der Waals surface area (Å²) in [7, 11) is 0. The third-order valence-corrected chi connectivity index (χ3v) is 6.08. The van der Waals surface area contributed by atoms with Crippen LogP contribution in [0.15, 0.2) is 22.8 Å². The molecule has 6 heteroatoms. The van der Waals surface area contributed by atoms with Crippen LogP contribution in [-0.2, 0) is 16.1 Å². The summed E-state index contributed by atoms with van der Waals surface area (Å²) in [5.41, 5.74) is 0. The van der Waals surface area contributed by atoms with Gasteiger partial charge in [-0.15, -0.1) is 0 Å². The fourth-order valence-electron chi connectivity index (χ4n) is 4.45. The summed E-state index contributed by atoms with van der Waals surface area (Å²) < 4.78 is 5.33. The average Bonchev–Trinajstić information content (AvgIpc) is 3.14. The number of nitrogens with zero attached hydrogens (tertiary/aromatic N) is 2. The summed E-state index contributed by atoms with van der Waals surface area (Å²) in [5.74, 6) is 1.92. The Balaban J connectivity index is 1.37. The highest BCUT2D eigenvalue weighted by molar-refractivity contribution is 5.82. The maximum absolute atomic E-state index is 13.0. The number of furan rings is 1. The standard InChI is InChI=1S/C20H29N3O3/c24-19(21-14-17-6-3-13-26-17)18(15-4-1-2-5-15)22-9-11-23(12-10-22)20(25)16-7-8-16/h3,6,13,15-16,18H,1-2,4-5,7-12,14H2,(H,21,24)/t18-/m0/s1. The van der Waals surface area contributed by atoms with Crippen LogP contribution in [0.2, 0.25) is 0 Å². The van der Waals surface area contributed by atoms with Gasteiger partial charge in [-0.2, -0.15) is 0 Å². The second-order valence-electron chi connectivity index (χ2n) is 7.92. The lowest BCUT2D eigenvalue weighted by atomic mass is 9.95. The Morgan fingerprint density at radius 1 is 1.12 bits per heavy atom. The molecule has 1 aromatic rings. The molecule has 4 rings (SSSR count). The van der Waals surface area contributed by atoms with Crippen molar-refractivity contribution in [3.05, 3.63) is 24.2 Å². The zero-order valence-electron chi connectivity index (χ0n) is 15.4. The predicted octanol–water partition coefficient (Wildman–Crippen LogP) is 2.01. The summed E-state index contributed by atoms with van der Waals surface area (Å²) >= 11 is 0. The number of rotatable bonds is 6. The van der Waals surface area contributed by atoms with Crippen molar-refractivity contribution in [3.63, 3.8) is 0 Å². The third kappa shape index (κ3) is 3.95. The lowest BCUT2D eigenvalue weighted by Gasteiger charge is -2.40. The van der Waals surface area contributed by atoms with E-state index in [1.807, 2.05) is 17.0 Å². The largest absolute Gasteiger partial charge is 0.467 e. The smallest absolute Gasteiger partial charge is 0.238 e. The van der Waals surface area contributed by atoms with Crippen LogP contribution in [0, 0.1) is 11.8 Å². The Labute approximate surface area is 154 Å². The van der Waals surface area contributed by atoms with E-state index in [4.69, 9.17) is 4.42 Å². The molecule has 2 heterocycles. The van der Waals surface area contributed by atoms with E-state index >= 15 is 0 Å². The first-order chi connectivity index (χ1) is 12.7. The van der Waals surface area contributed by atoms with Gasteiger partial charge in [-0.25, -0.2) is 0 Å². The number of carbonyl (C=O) groups excluding carboxylic acids is 2. The van der Waals surface area contributed by atoms with Crippen molar-refractivity contribution in [2.75, 3.05) is 26.2 Å². The minimum absolute atomic E-state index is 0.0781. The van der Waals surface area contributed by atoms with Crippen molar-refractivity contribution in [2.24, 2.45) is 11.8 Å². The predicted molar refractivity (Wildman–Crippen MR) is 97.2 cm³/mol. The van der Waals surface area contributed by atoms with E-state index in [-0.39, 0.29) is 17.9 Å². The van der Waals surface area contributed by atoms with Crippen LogP contribution in [0.4, 0.5) is 0 Å². The Morgan fingerprint density at radius 3 is 2.46 bits per heavy atom. The van der Waals surface area contributed by atoms with Gasteiger partial charge in [0, 0.05) is 32.1 Å². The molecular weight excluding hydrogens is 330 g/mol. The molecule has 142 valence electrons. The van der Waals surface area contributed by atoms with Gasteiger partial charge in [-0.05, 0) is 43.7 Å². The molecule has 3 fully saturated rings. The van der Waals surface area contributed by atoms with E-state index in [0.29, 0.717) is 18.4 Å². The molecule has 1 aliphatic heterocycles. The number of hydrogen-bond donors (Lipinski definition) is 1. The van der Waals surface area contributed by atoms with Crippen molar-refractivity contribution >= 4 is 11.8 Å². The van der Waals surface area contributed by atoms with Crippen LogP contribution in [0.1, 0.15) is 44.3 Å². The maximum Gasteiger partial charge on any atom is 0.238 e. The maximum atomic E-state index is 13.0. The second kappa shape index (κ2) is 7.82. The Bertz CT molecular complexity index is 612. The van der Waals surface area contributed by atoms with Crippen molar-refractivity contribution < 1.29 is 14.0 Å². The van der Waals surface area contributed by atoms with Gasteiger partial charge in [-0.3, -0.25) is 14.5 Å². The summed E-state index contributed by atoms with van der Waals surface area (Å²) in [4.78, 5) is 29.6. The molecule has 2 amide bonds. The van der Waals surface area contributed by atoms with Gasteiger partial charge < -0.3 is 14.6 Å². The second-order valence-corrected chi connectivity index (χ2v) is 7.92. The first kappa shape index (κ1) is 17.6. The molecule has 1 N–H and O–H groups in total. The topological polar surface area (TPSA) is 65.8 Å². The molecule has 6 nitrogen and oxygen atoms in total. The molecule has 26 heavy (non-hydrogen) atoms. The molecule has 2 aliphatic carbocycles. The van der Waals surface area contributed by atoms with Crippen LogP contribution < -0.4 is 5.32 Å². The van der Waals surface area contributed by atoms with Crippen LogP contribution in [-0.4, -0.2) is 53.8 Å². The van der Waals surface area contributed by atoms with Gasteiger partial charge >= 0.3 is 0 Å². The normalized spacial score (nSPS) is 23.2. The minimum Gasteiger partial charge on any atom is -0.467 e. The molecule has 0 aromatic carbocycles. The number of piperazine rings is 1. The van der Waals surface area contributed by atoms with Crippen molar-refractivity contribution in [1.82, 2.24) is 15.1 Å². The van der Waals surface area contributed by atoms with Gasteiger partial charge in [-0.1, -0.05) is 12.8 Å². The van der Waals surface area contributed by atoms with Gasteiger partial charge in [0.1, 0.15) is 5.76 Å². The number of carbonyl (C=O) groups is 2. The van der Waals surface area contributed by atoms with E-state index in [2.05, 4.69) is 10.2 Å². The van der Waals surface area contributed by atoms with Crippen LogP contribution in [0.25, 0.3) is 0 Å². The van der Waals surface area contributed by atoms with Crippen molar-refractivity contribution in [1.29, 1.82) is 0 Å². The zero-order valence-corrected chi connectivity index (χ0v) is 15.4. The Hall–Kier alpha value is -1.82. The molecule has 0 radical (unpaired) electrons. The van der Waals surface area contributed by atoms with Crippen LogP contribution in [0.5, 0.6) is 0 Å². The molecular formula is C20H29N3O3. The van der Waals surface area contributed by atoms with Crippen LogP contribution in [0.3, 0.4) is 0 Å². The molecule has 1 aromatic heterocycles. The SMILES string of the molecule is O=C(NCc1ccco1)[C@H](C1CCCC1)N1CCN(C(=O)C2CC2)CC1. The lowest BCUT2D eigenvalue weighted by molar-refractivity contribution is -0.136. The number of nitrogens with one attached hydrogen (secondary N) is 1. The fraction of sp³-hybridized carbons (Fsp3) is 0.700. The van der Waals surface area contributed by atoms with Crippen LogP contribution >= 0.6 is 0 Å². The number of hydrogen-bond acceptors (Lipinski definition) is 4. The lowest BCUT2D eigenvalue weighted by Crippen LogP contribution is -2.58. The molecule has 1 saturated heterocycles. The Morgan fingerprint density at radius 2 is 1.85 bits per heavy atom. The average molecular weight is 359 g/mol. The van der Waals surface area contributed by atoms with E-state index in [9.17, 15) is 9.59 Å². The fourth-order valence-corrected chi connectivity index (χ4v) is 4.45. The minimum atomic E-state index is -0.0781. The Kier molecular flexibility index (Phi) is 5.29. The van der Waals surface area contributed by atoms with Gasteiger partial charge in [0.05, 0.1) is 18.8 Å². The molecule has 0 spiro atoms. The quantitative estimate of drug-likeness (QED) is 0.844. The van der Waals surface area contributed by atoms with E-state index in [1.54, 1.807) is 6.26 Å². The first-order valence-corrected chi connectivity index (χ1v) is 10.1. The molecule has 0 unspecified atom stereocenters.